The van der Waals surface area contributed by atoms with Gasteiger partial charge in [0.1, 0.15) is 0 Å². The highest BCUT2D eigenvalue weighted by Gasteiger charge is 2.30. The van der Waals surface area contributed by atoms with Gasteiger partial charge in [0.15, 0.2) is 5.83 Å². The fourth-order valence-corrected chi connectivity index (χ4v) is 2.75. The van der Waals surface area contributed by atoms with Crippen LogP contribution >= 0.6 is 0 Å². The Balaban J connectivity index is 2.23. The quantitative estimate of drug-likeness (QED) is 0.745. The van der Waals surface area contributed by atoms with E-state index in [1.54, 1.807) is 31.2 Å². The standard InChI is InChI=1S/C16H13FN2O3/c1-7-11(16(21)22)8(2)18-14(7)13(17)12-9-5-3-4-6-10(9)19-15(12)20/h3-6,18H,1-2H3,(H,19,20)(H,21,22)/b13-12-. The third-order valence-corrected chi connectivity index (χ3v) is 3.76. The van der Waals surface area contributed by atoms with Crippen molar-refractivity contribution in [3.05, 3.63) is 52.3 Å². The fraction of sp³-hybridized carbons (Fsp3) is 0.125. The highest BCUT2D eigenvalue weighted by Crippen LogP contribution is 2.38. The van der Waals surface area contributed by atoms with Gasteiger partial charge in [-0.15, -0.1) is 0 Å². The molecule has 0 atom stereocenters. The zero-order valence-corrected chi connectivity index (χ0v) is 12.0. The first-order valence-corrected chi connectivity index (χ1v) is 6.65. The number of aromatic nitrogens is 1. The number of para-hydroxylation sites is 1. The van der Waals surface area contributed by atoms with Gasteiger partial charge in [0.05, 0.1) is 16.8 Å². The van der Waals surface area contributed by atoms with Crippen LogP contribution in [-0.4, -0.2) is 22.0 Å². The number of benzene rings is 1. The van der Waals surface area contributed by atoms with Crippen LogP contribution in [0.5, 0.6) is 0 Å². The first-order chi connectivity index (χ1) is 10.4. The van der Waals surface area contributed by atoms with Crippen LogP contribution in [-0.2, 0) is 4.79 Å². The Morgan fingerprint density at radius 1 is 1.23 bits per heavy atom. The number of carbonyl (C=O) groups is 2. The number of hydrogen-bond donors (Lipinski definition) is 3. The number of halogens is 1. The van der Waals surface area contributed by atoms with Gasteiger partial charge in [-0.3, -0.25) is 4.79 Å². The number of anilines is 1. The summed E-state index contributed by atoms with van der Waals surface area (Å²) < 4.78 is 14.9. The van der Waals surface area contributed by atoms with Gasteiger partial charge in [-0.1, -0.05) is 18.2 Å². The number of nitrogens with one attached hydrogen (secondary N) is 2. The van der Waals surface area contributed by atoms with Gasteiger partial charge in [-0.25, -0.2) is 9.18 Å². The van der Waals surface area contributed by atoms with Crippen LogP contribution in [0.4, 0.5) is 10.1 Å². The van der Waals surface area contributed by atoms with E-state index in [0.29, 0.717) is 16.9 Å². The lowest BCUT2D eigenvalue weighted by molar-refractivity contribution is -0.110. The largest absolute Gasteiger partial charge is 0.478 e. The van der Waals surface area contributed by atoms with E-state index in [2.05, 4.69) is 10.3 Å². The van der Waals surface area contributed by atoms with E-state index in [1.807, 2.05) is 0 Å². The van der Waals surface area contributed by atoms with Crippen LogP contribution in [0.25, 0.3) is 11.4 Å². The first kappa shape index (κ1) is 14.1. The molecule has 3 N–H and O–H groups in total. The lowest BCUT2D eigenvalue weighted by atomic mass is 10.0. The number of aromatic amines is 1. The van der Waals surface area contributed by atoms with Gasteiger partial charge < -0.3 is 15.4 Å². The van der Waals surface area contributed by atoms with Crippen molar-refractivity contribution in [1.82, 2.24) is 4.98 Å². The van der Waals surface area contributed by atoms with Crippen LogP contribution in [0.15, 0.2) is 24.3 Å². The number of carbonyl (C=O) groups excluding carboxylic acids is 1. The summed E-state index contributed by atoms with van der Waals surface area (Å²) >= 11 is 0. The molecule has 1 amide bonds. The molecule has 0 spiro atoms. The van der Waals surface area contributed by atoms with Gasteiger partial charge in [-0.2, -0.15) is 0 Å². The molecular formula is C16H13FN2O3. The van der Waals surface area contributed by atoms with Crippen molar-refractivity contribution in [2.24, 2.45) is 0 Å². The Labute approximate surface area is 125 Å². The van der Waals surface area contributed by atoms with Crippen molar-refractivity contribution in [2.75, 3.05) is 5.32 Å². The molecule has 0 saturated carbocycles. The van der Waals surface area contributed by atoms with Crippen molar-refractivity contribution in [1.29, 1.82) is 0 Å². The Kier molecular flexibility index (Phi) is 3.09. The minimum atomic E-state index is -1.13. The van der Waals surface area contributed by atoms with E-state index in [9.17, 15) is 19.1 Å². The fourth-order valence-electron chi connectivity index (χ4n) is 2.75. The molecule has 5 nitrogen and oxygen atoms in total. The molecular weight excluding hydrogens is 287 g/mol. The van der Waals surface area contributed by atoms with Crippen molar-refractivity contribution >= 4 is 29.0 Å². The number of amides is 1. The summed E-state index contributed by atoms with van der Waals surface area (Å²) in [5.41, 5.74) is 1.59. The maximum absolute atomic E-state index is 14.9. The molecule has 3 rings (SSSR count). The van der Waals surface area contributed by atoms with Crippen LogP contribution in [0, 0.1) is 13.8 Å². The SMILES string of the molecule is Cc1[nH]c(/C(F)=C2/C(=O)Nc3ccccc32)c(C)c1C(=O)O. The monoisotopic (exact) mass is 300 g/mol. The number of carboxylic acid groups (broad SMARTS) is 1. The average molecular weight is 300 g/mol. The van der Waals surface area contributed by atoms with Crippen molar-refractivity contribution in [3.63, 3.8) is 0 Å². The Bertz CT molecular complexity index is 849. The maximum atomic E-state index is 14.9. The summed E-state index contributed by atoms with van der Waals surface area (Å²) in [5, 5.41) is 11.8. The molecule has 0 saturated heterocycles. The number of H-pyrrole nitrogens is 1. The van der Waals surface area contributed by atoms with Crippen LogP contribution in [0.3, 0.4) is 0 Å². The molecule has 2 aromatic rings. The van der Waals surface area contributed by atoms with Crippen LogP contribution < -0.4 is 5.32 Å². The summed E-state index contributed by atoms with van der Waals surface area (Å²) in [6.07, 6.45) is 0. The third kappa shape index (κ3) is 1.92. The summed E-state index contributed by atoms with van der Waals surface area (Å²) in [7, 11) is 0. The summed E-state index contributed by atoms with van der Waals surface area (Å²) in [5.74, 6) is -2.43. The number of fused-ring (bicyclic) bond motifs is 1. The third-order valence-electron chi connectivity index (χ3n) is 3.76. The van der Waals surface area contributed by atoms with Gasteiger partial charge in [-0.05, 0) is 25.5 Å². The van der Waals surface area contributed by atoms with E-state index in [0.717, 1.165) is 0 Å². The minimum Gasteiger partial charge on any atom is -0.478 e. The van der Waals surface area contributed by atoms with E-state index in [1.165, 1.54) is 6.92 Å². The number of carboxylic acids is 1. The smallest absolute Gasteiger partial charge is 0.337 e. The molecule has 1 aromatic carbocycles. The predicted octanol–water partition coefficient (Wildman–Crippen LogP) is 3.12. The number of aryl methyl sites for hydroxylation is 1. The van der Waals surface area contributed by atoms with E-state index < -0.39 is 17.7 Å². The highest BCUT2D eigenvalue weighted by molar-refractivity contribution is 6.36. The number of aromatic carboxylic acids is 1. The van der Waals surface area contributed by atoms with Crippen LogP contribution in [0.2, 0.25) is 0 Å². The molecule has 1 aromatic heterocycles. The molecule has 0 fully saturated rings. The van der Waals surface area contributed by atoms with E-state index >= 15 is 0 Å². The van der Waals surface area contributed by atoms with Crippen molar-refractivity contribution in [2.45, 2.75) is 13.8 Å². The van der Waals surface area contributed by atoms with Gasteiger partial charge >= 0.3 is 5.97 Å². The number of rotatable bonds is 2. The summed E-state index contributed by atoms with van der Waals surface area (Å²) in [4.78, 5) is 26.0. The summed E-state index contributed by atoms with van der Waals surface area (Å²) in [6.45, 7) is 3.07. The van der Waals surface area contributed by atoms with Crippen molar-refractivity contribution in [3.8, 4) is 0 Å². The molecule has 6 heteroatoms. The van der Waals surface area contributed by atoms with Crippen molar-refractivity contribution < 1.29 is 19.1 Å². The molecule has 22 heavy (non-hydrogen) atoms. The average Bonchev–Trinajstić information content (AvgIpc) is 2.94. The number of hydrogen-bond acceptors (Lipinski definition) is 2. The predicted molar refractivity (Wildman–Crippen MR) is 80.2 cm³/mol. The highest BCUT2D eigenvalue weighted by atomic mass is 19.1. The van der Waals surface area contributed by atoms with Gasteiger partial charge in [0, 0.05) is 16.9 Å². The lowest BCUT2D eigenvalue weighted by Crippen LogP contribution is -2.05. The molecule has 0 bridgehead atoms. The second-order valence-corrected chi connectivity index (χ2v) is 5.12. The molecule has 0 unspecified atom stereocenters. The molecule has 0 aliphatic carbocycles. The Morgan fingerprint density at radius 2 is 1.91 bits per heavy atom. The molecule has 112 valence electrons. The second kappa shape index (κ2) is 4.84. The molecule has 1 aliphatic rings. The normalized spacial score (nSPS) is 15.5. The maximum Gasteiger partial charge on any atom is 0.337 e. The van der Waals surface area contributed by atoms with Gasteiger partial charge in [0.2, 0.25) is 0 Å². The zero-order valence-electron chi connectivity index (χ0n) is 12.0. The van der Waals surface area contributed by atoms with E-state index in [-0.39, 0.29) is 22.4 Å². The summed E-state index contributed by atoms with van der Waals surface area (Å²) in [6, 6.07) is 6.78. The zero-order chi connectivity index (χ0) is 16.0. The van der Waals surface area contributed by atoms with Gasteiger partial charge in [0.25, 0.3) is 5.91 Å². The molecule has 0 radical (unpaired) electrons. The molecule has 1 aliphatic heterocycles. The minimum absolute atomic E-state index is 0.0248. The second-order valence-electron chi connectivity index (χ2n) is 5.12. The Hall–Kier alpha value is -2.89. The van der Waals surface area contributed by atoms with Crippen LogP contribution in [0.1, 0.15) is 32.9 Å². The van der Waals surface area contributed by atoms with E-state index in [4.69, 9.17) is 0 Å². The Morgan fingerprint density at radius 3 is 2.55 bits per heavy atom. The topological polar surface area (TPSA) is 82.2 Å². The lowest BCUT2D eigenvalue weighted by Gasteiger charge is -2.02. The first-order valence-electron chi connectivity index (χ1n) is 6.65. The molecule has 2 heterocycles.